The molecule has 0 aromatic heterocycles. The van der Waals surface area contributed by atoms with E-state index in [1.807, 2.05) is 18.2 Å². The number of anilines is 1. The zero-order valence-corrected chi connectivity index (χ0v) is 10.9. The Morgan fingerprint density at radius 3 is 2.28 bits per heavy atom. The Morgan fingerprint density at radius 1 is 1.22 bits per heavy atom. The van der Waals surface area contributed by atoms with Gasteiger partial charge in [0.15, 0.2) is 0 Å². The van der Waals surface area contributed by atoms with E-state index in [1.54, 1.807) is 32.9 Å². The van der Waals surface area contributed by atoms with Gasteiger partial charge in [-0.15, -0.1) is 0 Å². The lowest BCUT2D eigenvalue weighted by molar-refractivity contribution is -0.129. The van der Waals surface area contributed by atoms with E-state index < -0.39 is 11.6 Å². The SMILES string of the molecule is CC(NC(=O)C(C)(C)N)C(=O)Nc1ccccc1. The van der Waals surface area contributed by atoms with Gasteiger partial charge >= 0.3 is 0 Å². The van der Waals surface area contributed by atoms with Crippen LogP contribution in [0.2, 0.25) is 0 Å². The van der Waals surface area contributed by atoms with Gasteiger partial charge in [-0.05, 0) is 32.9 Å². The molecule has 1 unspecified atom stereocenters. The molecule has 0 saturated carbocycles. The predicted octanol–water partition coefficient (Wildman–Crippen LogP) is 0.867. The summed E-state index contributed by atoms with van der Waals surface area (Å²) in [6.45, 7) is 4.79. The van der Waals surface area contributed by atoms with E-state index in [0.29, 0.717) is 5.69 Å². The van der Waals surface area contributed by atoms with Crippen molar-refractivity contribution in [3.8, 4) is 0 Å². The van der Waals surface area contributed by atoms with E-state index in [0.717, 1.165) is 0 Å². The van der Waals surface area contributed by atoms with Crippen LogP contribution in [0.4, 0.5) is 5.69 Å². The first-order valence-corrected chi connectivity index (χ1v) is 5.76. The van der Waals surface area contributed by atoms with Crippen LogP contribution < -0.4 is 16.4 Å². The topological polar surface area (TPSA) is 84.2 Å². The van der Waals surface area contributed by atoms with Gasteiger partial charge in [0.1, 0.15) is 6.04 Å². The predicted molar refractivity (Wildman–Crippen MR) is 70.9 cm³/mol. The summed E-state index contributed by atoms with van der Waals surface area (Å²) in [4.78, 5) is 23.4. The highest BCUT2D eigenvalue weighted by atomic mass is 16.2. The summed E-state index contributed by atoms with van der Waals surface area (Å²) in [6, 6.07) is 8.42. The standard InChI is InChI=1S/C13H19N3O2/c1-9(15-12(18)13(2,3)14)11(17)16-10-7-5-4-6-8-10/h4-9H,14H2,1-3H3,(H,15,18)(H,16,17). The monoisotopic (exact) mass is 249 g/mol. The van der Waals surface area contributed by atoms with Gasteiger partial charge in [0.25, 0.3) is 0 Å². The fraction of sp³-hybridized carbons (Fsp3) is 0.385. The first-order chi connectivity index (χ1) is 8.30. The highest BCUT2D eigenvalue weighted by molar-refractivity contribution is 5.98. The van der Waals surface area contributed by atoms with Crippen molar-refractivity contribution < 1.29 is 9.59 Å². The second-order valence-corrected chi connectivity index (χ2v) is 4.77. The molecule has 0 aliphatic heterocycles. The van der Waals surface area contributed by atoms with Crippen molar-refractivity contribution in [2.45, 2.75) is 32.4 Å². The largest absolute Gasteiger partial charge is 0.343 e. The highest BCUT2D eigenvalue weighted by Gasteiger charge is 2.25. The molecule has 5 heteroatoms. The molecule has 0 fully saturated rings. The van der Waals surface area contributed by atoms with Crippen molar-refractivity contribution in [2.24, 2.45) is 5.73 Å². The maximum atomic E-state index is 11.8. The smallest absolute Gasteiger partial charge is 0.246 e. The van der Waals surface area contributed by atoms with E-state index in [2.05, 4.69) is 10.6 Å². The van der Waals surface area contributed by atoms with Crippen LogP contribution >= 0.6 is 0 Å². The van der Waals surface area contributed by atoms with E-state index in [9.17, 15) is 9.59 Å². The Hall–Kier alpha value is -1.88. The summed E-state index contributed by atoms with van der Waals surface area (Å²) in [5, 5.41) is 5.27. The zero-order valence-electron chi connectivity index (χ0n) is 10.9. The van der Waals surface area contributed by atoms with Crippen LogP contribution in [0.5, 0.6) is 0 Å². The van der Waals surface area contributed by atoms with Gasteiger partial charge in [0.05, 0.1) is 5.54 Å². The zero-order chi connectivity index (χ0) is 13.8. The van der Waals surface area contributed by atoms with Crippen molar-refractivity contribution in [1.29, 1.82) is 0 Å². The van der Waals surface area contributed by atoms with Gasteiger partial charge in [0.2, 0.25) is 11.8 Å². The minimum absolute atomic E-state index is 0.279. The molecule has 2 amide bonds. The average molecular weight is 249 g/mol. The van der Waals surface area contributed by atoms with Gasteiger partial charge in [-0.3, -0.25) is 9.59 Å². The number of nitrogens with one attached hydrogen (secondary N) is 2. The minimum atomic E-state index is -0.999. The third kappa shape index (κ3) is 4.18. The Balaban J connectivity index is 2.55. The van der Waals surface area contributed by atoms with Crippen LogP contribution in [0.15, 0.2) is 30.3 Å². The minimum Gasteiger partial charge on any atom is -0.343 e. The molecule has 0 aliphatic carbocycles. The first kappa shape index (κ1) is 14.2. The molecule has 0 saturated heterocycles. The summed E-state index contributed by atoms with van der Waals surface area (Å²) >= 11 is 0. The molecule has 1 atom stereocenters. The number of hydrogen-bond donors (Lipinski definition) is 3. The van der Waals surface area contributed by atoms with Crippen LogP contribution in [0.25, 0.3) is 0 Å². The molecule has 18 heavy (non-hydrogen) atoms. The number of nitrogens with two attached hydrogens (primary N) is 1. The molecular weight excluding hydrogens is 230 g/mol. The number of rotatable bonds is 4. The Morgan fingerprint density at radius 2 is 1.78 bits per heavy atom. The van der Waals surface area contributed by atoms with Gasteiger partial charge in [-0.2, -0.15) is 0 Å². The van der Waals surface area contributed by atoms with E-state index in [4.69, 9.17) is 5.73 Å². The fourth-order valence-corrected chi connectivity index (χ4v) is 1.22. The van der Waals surface area contributed by atoms with Crippen LogP contribution in [-0.2, 0) is 9.59 Å². The van der Waals surface area contributed by atoms with Crippen molar-refractivity contribution in [3.05, 3.63) is 30.3 Å². The Bertz CT molecular complexity index is 424. The van der Waals surface area contributed by atoms with Crippen LogP contribution in [-0.4, -0.2) is 23.4 Å². The number of carbonyl (C=O) groups excluding carboxylic acids is 2. The van der Waals surface area contributed by atoms with Gasteiger partial charge in [0, 0.05) is 5.69 Å². The molecule has 98 valence electrons. The number of para-hydroxylation sites is 1. The average Bonchev–Trinajstić information content (AvgIpc) is 2.28. The molecule has 5 nitrogen and oxygen atoms in total. The van der Waals surface area contributed by atoms with Gasteiger partial charge in [-0.25, -0.2) is 0 Å². The molecule has 4 N–H and O–H groups in total. The second-order valence-electron chi connectivity index (χ2n) is 4.77. The lowest BCUT2D eigenvalue weighted by Crippen LogP contribution is -2.54. The van der Waals surface area contributed by atoms with Crippen molar-refractivity contribution in [2.75, 3.05) is 5.32 Å². The van der Waals surface area contributed by atoms with Crippen molar-refractivity contribution in [3.63, 3.8) is 0 Å². The quantitative estimate of drug-likeness (QED) is 0.740. The van der Waals surface area contributed by atoms with E-state index in [-0.39, 0.29) is 11.8 Å². The molecule has 0 heterocycles. The summed E-state index contributed by atoms with van der Waals surface area (Å²) in [5.74, 6) is -0.642. The van der Waals surface area contributed by atoms with Crippen LogP contribution in [0, 0.1) is 0 Å². The maximum Gasteiger partial charge on any atom is 0.246 e. The molecule has 1 aromatic rings. The fourth-order valence-electron chi connectivity index (χ4n) is 1.22. The van der Waals surface area contributed by atoms with Crippen molar-refractivity contribution in [1.82, 2.24) is 5.32 Å². The normalized spacial score (nSPS) is 12.7. The molecule has 0 spiro atoms. The highest BCUT2D eigenvalue weighted by Crippen LogP contribution is 2.06. The van der Waals surface area contributed by atoms with Crippen molar-refractivity contribution >= 4 is 17.5 Å². The molecule has 0 aliphatic rings. The summed E-state index contributed by atoms with van der Waals surface area (Å²) in [7, 11) is 0. The molecule has 1 rings (SSSR count). The first-order valence-electron chi connectivity index (χ1n) is 5.76. The van der Waals surface area contributed by atoms with Crippen LogP contribution in [0.3, 0.4) is 0 Å². The van der Waals surface area contributed by atoms with Gasteiger partial charge < -0.3 is 16.4 Å². The Kier molecular flexibility index (Phi) is 4.44. The lowest BCUT2D eigenvalue weighted by Gasteiger charge is -2.21. The lowest BCUT2D eigenvalue weighted by atomic mass is 10.1. The van der Waals surface area contributed by atoms with E-state index >= 15 is 0 Å². The molecular formula is C13H19N3O2. The number of benzene rings is 1. The number of carbonyl (C=O) groups is 2. The van der Waals surface area contributed by atoms with E-state index in [1.165, 1.54) is 0 Å². The second kappa shape index (κ2) is 5.64. The molecule has 0 bridgehead atoms. The third-order valence-corrected chi connectivity index (χ3v) is 2.37. The summed E-state index contributed by atoms with van der Waals surface area (Å²) in [5.41, 5.74) is 5.33. The third-order valence-electron chi connectivity index (χ3n) is 2.37. The summed E-state index contributed by atoms with van der Waals surface area (Å²) in [6.07, 6.45) is 0. The Labute approximate surface area is 107 Å². The number of hydrogen-bond acceptors (Lipinski definition) is 3. The summed E-state index contributed by atoms with van der Waals surface area (Å²) < 4.78 is 0. The maximum absolute atomic E-state index is 11.8. The van der Waals surface area contributed by atoms with Gasteiger partial charge in [-0.1, -0.05) is 18.2 Å². The van der Waals surface area contributed by atoms with Crippen LogP contribution in [0.1, 0.15) is 20.8 Å². The number of amides is 2. The molecule has 1 aromatic carbocycles. The molecule has 0 radical (unpaired) electrons.